The van der Waals surface area contributed by atoms with Crippen LogP contribution in [0.3, 0.4) is 0 Å². The van der Waals surface area contributed by atoms with Gasteiger partial charge in [0.15, 0.2) is 16.8 Å². The Morgan fingerprint density at radius 2 is 2.00 bits per heavy atom. The summed E-state index contributed by atoms with van der Waals surface area (Å²) >= 11 is 1.48. The number of Topliss-reactive ketones (excluding diaryl/α,β-unsaturated/α-hetero) is 1. The van der Waals surface area contributed by atoms with Crippen LogP contribution in [0.4, 0.5) is 5.69 Å². The molecule has 0 bridgehead atoms. The molecule has 2 aromatic heterocycles. The smallest absolute Gasteiger partial charge is 0.191 e. The van der Waals surface area contributed by atoms with E-state index in [9.17, 15) is 4.79 Å². The Kier molecular flexibility index (Phi) is 6.85. The second kappa shape index (κ2) is 10.3. The van der Waals surface area contributed by atoms with Crippen LogP contribution in [-0.4, -0.2) is 38.4 Å². The van der Waals surface area contributed by atoms with Crippen LogP contribution >= 0.6 is 11.8 Å². The zero-order chi connectivity index (χ0) is 23.3. The fourth-order valence-electron chi connectivity index (χ4n) is 4.66. The quantitative estimate of drug-likeness (QED) is 0.233. The zero-order valence-electron chi connectivity index (χ0n) is 19.3. The summed E-state index contributed by atoms with van der Waals surface area (Å²) in [4.78, 5) is 16.2. The molecule has 1 saturated carbocycles. The summed E-state index contributed by atoms with van der Waals surface area (Å²) in [5.74, 6) is 2.13. The monoisotopic (exact) mass is 475 g/mol. The number of hydrogen-bond acceptors (Lipinski definition) is 6. The van der Waals surface area contributed by atoms with Gasteiger partial charge in [-0.25, -0.2) is 0 Å². The number of ether oxygens (including phenoxy) is 1. The van der Waals surface area contributed by atoms with Crippen LogP contribution in [0, 0.1) is 0 Å². The molecular formula is C26H29N5O2S. The molecule has 8 heteroatoms. The van der Waals surface area contributed by atoms with Gasteiger partial charge in [-0.3, -0.25) is 4.79 Å². The van der Waals surface area contributed by atoms with Crippen molar-refractivity contribution in [1.82, 2.24) is 19.7 Å². The fourth-order valence-corrected chi connectivity index (χ4v) is 5.56. The number of rotatable bonds is 9. The summed E-state index contributed by atoms with van der Waals surface area (Å²) < 4.78 is 7.59. The average molecular weight is 476 g/mol. The maximum Gasteiger partial charge on any atom is 0.191 e. The molecule has 0 radical (unpaired) electrons. The number of aromatic nitrogens is 4. The highest BCUT2D eigenvalue weighted by molar-refractivity contribution is 7.99. The minimum absolute atomic E-state index is 0.0942. The molecule has 1 fully saturated rings. The van der Waals surface area contributed by atoms with Crippen molar-refractivity contribution in [2.45, 2.75) is 49.8 Å². The van der Waals surface area contributed by atoms with Crippen molar-refractivity contribution in [1.29, 1.82) is 0 Å². The molecule has 2 aromatic carbocycles. The third kappa shape index (κ3) is 4.82. The van der Waals surface area contributed by atoms with E-state index in [2.05, 4.69) is 25.1 Å². The number of para-hydroxylation sites is 1. The van der Waals surface area contributed by atoms with Crippen molar-refractivity contribution in [2.75, 3.05) is 18.2 Å². The number of nitrogens with zero attached hydrogens (tertiary/aromatic N) is 3. The number of nitrogens with one attached hydrogen (secondary N) is 2. The maximum atomic E-state index is 13.0. The third-order valence-electron chi connectivity index (χ3n) is 6.42. The van der Waals surface area contributed by atoms with Crippen molar-refractivity contribution in [3.05, 3.63) is 66.1 Å². The molecule has 0 aliphatic heterocycles. The molecule has 5 rings (SSSR count). The number of H-pyrrole nitrogens is 1. The molecule has 0 unspecified atom stereocenters. The number of aromatic amines is 1. The summed E-state index contributed by atoms with van der Waals surface area (Å²) in [5.41, 5.74) is 2.68. The van der Waals surface area contributed by atoms with Gasteiger partial charge in [0.1, 0.15) is 5.75 Å². The number of carbonyl (C=O) groups is 1. The van der Waals surface area contributed by atoms with Crippen molar-refractivity contribution in [2.24, 2.45) is 0 Å². The minimum atomic E-state index is 0.0942. The van der Waals surface area contributed by atoms with E-state index in [1.807, 2.05) is 54.7 Å². The van der Waals surface area contributed by atoms with E-state index in [0.717, 1.165) is 51.7 Å². The summed E-state index contributed by atoms with van der Waals surface area (Å²) in [6.07, 6.45) is 7.75. The van der Waals surface area contributed by atoms with Gasteiger partial charge < -0.3 is 19.6 Å². The van der Waals surface area contributed by atoms with E-state index >= 15 is 0 Å². The van der Waals surface area contributed by atoms with E-state index in [1.165, 1.54) is 31.0 Å². The average Bonchev–Trinajstić information content (AvgIpc) is 3.51. The summed E-state index contributed by atoms with van der Waals surface area (Å²) in [7, 11) is 1.67. The molecular weight excluding hydrogens is 446 g/mol. The first-order valence-corrected chi connectivity index (χ1v) is 12.8. The van der Waals surface area contributed by atoms with Crippen LogP contribution in [0.25, 0.3) is 10.9 Å². The second-order valence-corrected chi connectivity index (χ2v) is 9.55. The lowest BCUT2D eigenvalue weighted by Crippen LogP contribution is -2.18. The van der Waals surface area contributed by atoms with Crippen LogP contribution in [-0.2, 0) is 6.54 Å². The molecule has 0 spiro atoms. The molecule has 34 heavy (non-hydrogen) atoms. The highest BCUT2D eigenvalue weighted by Crippen LogP contribution is 2.33. The van der Waals surface area contributed by atoms with Crippen LogP contribution in [0.1, 0.15) is 54.3 Å². The highest BCUT2D eigenvalue weighted by Gasteiger charge is 2.24. The predicted molar refractivity (Wildman–Crippen MR) is 136 cm³/mol. The lowest BCUT2D eigenvalue weighted by molar-refractivity contribution is 0.102. The Labute approximate surface area is 203 Å². The molecule has 7 nitrogen and oxygen atoms in total. The van der Waals surface area contributed by atoms with Gasteiger partial charge in [0.25, 0.3) is 0 Å². The molecule has 0 saturated heterocycles. The molecule has 0 amide bonds. The normalized spacial score (nSPS) is 14.4. The number of benzene rings is 2. The first kappa shape index (κ1) is 22.5. The Balaban J connectivity index is 1.33. The van der Waals surface area contributed by atoms with Crippen LogP contribution in [0.5, 0.6) is 5.75 Å². The lowest BCUT2D eigenvalue weighted by Gasteiger charge is -2.25. The molecule has 2 heterocycles. The number of fused-ring (bicyclic) bond motifs is 1. The highest BCUT2D eigenvalue weighted by atomic mass is 32.2. The standard InChI is InChI=1S/C26H29N5O2S/c1-33-20-11-7-8-18(14-20)27-16-25-29-30-26(31(25)19-9-3-2-4-10-19)34-17-24(32)22-15-28-23-13-6-5-12-21(22)23/h5-8,11-15,19,27-28H,2-4,9-10,16-17H2,1H3. The Morgan fingerprint density at radius 1 is 1.15 bits per heavy atom. The molecule has 2 N–H and O–H groups in total. The third-order valence-corrected chi connectivity index (χ3v) is 7.36. The Bertz CT molecular complexity index is 1280. The summed E-state index contributed by atoms with van der Waals surface area (Å²) in [5, 5.41) is 14.3. The van der Waals surface area contributed by atoms with Crippen LogP contribution in [0.15, 0.2) is 59.9 Å². The SMILES string of the molecule is COc1cccc(NCc2nnc(SCC(=O)c3c[nH]c4ccccc34)n2C2CCCCC2)c1. The Morgan fingerprint density at radius 3 is 2.85 bits per heavy atom. The van der Waals surface area contributed by atoms with Crippen molar-refractivity contribution in [3.8, 4) is 5.75 Å². The van der Waals surface area contributed by atoms with Gasteiger partial charge in [-0.05, 0) is 31.0 Å². The number of hydrogen-bond donors (Lipinski definition) is 2. The fraction of sp³-hybridized carbons (Fsp3) is 0.346. The van der Waals surface area contributed by atoms with Gasteiger partial charge in [-0.15, -0.1) is 10.2 Å². The first-order chi connectivity index (χ1) is 16.7. The topological polar surface area (TPSA) is 84.8 Å². The zero-order valence-corrected chi connectivity index (χ0v) is 20.1. The van der Waals surface area contributed by atoms with Crippen LogP contribution in [0.2, 0.25) is 0 Å². The Hall–Kier alpha value is -3.26. The van der Waals surface area contributed by atoms with Gasteiger partial charge in [0.2, 0.25) is 0 Å². The van der Waals surface area contributed by atoms with Crippen molar-refractivity contribution < 1.29 is 9.53 Å². The largest absolute Gasteiger partial charge is 0.497 e. The van der Waals surface area contributed by atoms with Crippen molar-refractivity contribution in [3.63, 3.8) is 0 Å². The number of carbonyl (C=O) groups excluding carboxylic acids is 1. The van der Waals surface area contributed by atoms with Gasteiger partial charge in [-0.2, -0.15) is 0 Å². The van der Waals surface area contributed by atoms with Crippen molar-refractivity contribution >= 4 is 34.1 Å². The van der Waals surface area contributed by atoms with Gasteiger partial charge in [0.05, 0.1) is 19.4 Å². The first-order valence-electron chi connectivity index (χ1n) is 11.8. The molecule has 1 aliphatic carbocycles. The van der Waals surface area contributed by atoms with Crippen LogP contribution < -0.4 is 10.1 Å². The lowest BCUT2D eigenvalue weighted by atomic mass is 9.95. The van der Waals surface area contributed by atoms with Gasteiger partial charge >= 0.3 is 0 Å². The summed E-state index contributed by atoms with van der Waals surface area (Å²) in [6, 6.07) is 16.1. The number of ketones is 1. The van der Waals surface area contributed by atoms with Gasteiger partial charge in [0, 0.05) is 40.5 Å². The van der Waals surface area contributed by atoms with E-state index < -0.39 is 0 Å². The predicted octanol–water partition coefficient (Wildman–Crippen LogP) is 5.86. The molecule has 1 aliphatic rings. The van der Waals surface area contributed by atoms with E-state index in [4.69, 9.17) is 4.74 Å². The second-order valence-electron chi connectivity index (χ2n) is 8.61. The number of thioether (sulfide) groups is 1. The number of methoxy groups -OCH3 is 1. The minimum Gasteiger partial charge on any atom is -0.497 e. The van der Waals surface area contributed by atoms with E-state index in [1.54, 1.807) is 7.11 Å². The number of anilines is 1. The van der Waals surface area contributed by atoms with E-state index in [-0.39, 0.29) is 5.78 Å². The van der Waals surface area contributed by atoms with E-state index in [0.29, 0.717) is 18.3 Å². The molecule has 4 aromatic rings. The maximum absolute atomic E-state index is 13.0. The van der Waals surface area contributed by atoms with Gasteiger partial charge in [-0.1, -0.05) is 55.3 Å². The molecule has 0 atom stereocenters. The molecule has 176 valence electrons. The summed E-state index contributed by atoms with van der Waals surface area (Å²) in [6.45, 7) is 0.563.